The van der Waals surface area contributed by atoms with E-state index in [1.54, 1.807) is 36.4 Å². The highest BCUT2D eigenvalue weighted by molar-refractivity contribution is 6.76. The van der Waals surface area contributed by atoms with Crippen LogP contribution in [0.3, 0.4) is 0 Å². The maximum atomic E-state index is 13.1. The van der Waals surface area contributed by atoms with Gasteiger partial charge in [-0.2, -0.15) is 5.26 Å². The molecule has 1 saturated carbocycles. The van der Waals surface area contributed by atoms with Crippen molar-refractivity contribution < 1.29 is 19.1 Å². The summed E-state index contributed by atoms with van der Waals surface area (Å²) in [7, 11) is -0.390. The SMILES string of the molecule is COC(=O)c1ccccc1-c1cccc(C(=O)NC(C[Si](C)(C)C)C(=O)NC2(C#N)CC2)c1. The third-order valence-corrected chi connectivity index (χ3v) is 7.17. The fraction of sp³-hybridized carbons (Fsp3) is 0.360. The number of esters is 1. The van der Waals surface area contributed by atoms with Crippen LogP contribution >= 0.6 is 0 Å². The number of hydrogen-bond acceptors (Lipinski definition) is 5. The molecule has 7 nitrogen and oxygen atoms in total. The molecule has 1 aliphatic rings. The highest BCUT2D eigenvalue weighted by Gasteiger charge is 2.46. The quantitative estimate of drug-likeness (QED) is 0.458. The van der Waals surface area contributed by atoms with Crippen molar-refractivity contribution in [2.24, 2.45) is 0 Å². The summed E-state index contributed by atoms with van der Waals surface area (Å²) >= 11 is 0. The predicted octanol–water partition coefficient (Wildman–Crippen LogP) is 3.75. The number of rotatable bonds is 8. The monoisotopic (exact) mass is 463 g/mol. The largest absolute Gasteiger partial charge is 0.465 e. The van der Waals surface area contributed by atoms with Gasteiger partial charge in [-0.05, 0) is 48.2 Å². The van der Waals surface area contributed by atoms with E-state index < -0.39 is 25.6 Å². The maximum Gasteiger partial charge on any atom is 0.338 e. The van der Waals surface area contributed by atoms with Gasteiger partial charge in [0.05, 0.1) is 18.7 Å². The van der Waals surface area contributed by atoms with Crippen molar-refractivity contribution in [3.63, 3.8) is 0 Å². The average Bonchev–Trinajstić information content (AvgIpc) is 3.57. The number of methoxy groups -OCH3 is 1. The lowest BCUT2D eigenvalue weighted by molar-refractivity contribution is -0.123. The summed E-state index contributed by atoms with van der Waals surface area (Å²) in [4.78, 5) is 38.2. The Morgan fingerprint density at radius 1 is 1.12 bits per heavy atom. The number of amides is 2. The van der Waals surface area contributed by atoms with Crippen molar-refractivity contribution in [2.75, 3.05) is 7.11 Å². The second kappa shape index (κ2) is 9.59. The number of ether oxygens (including phenoxy) is 1. The van der Waals surface area contributed by atoms with Gasteiger partial charge in [0.15, 0.2) is 0 Å². The van der Waals surface area contributed by atoms with Gasteiger partial charge in [0.25, 0.3) is 5.91 Å². The molecule has 1 fully saturated rings. The molecule has 3 rings (SSSR count). The minimum atomic E-state index is -1.71. The van der Waals surface area contributed by atoms with E-state index in [2.05, 4.69) is 36.3 Å². The summed E-state index contributed by atoms with van der Waals surface area (Å²) in [5.74, 6) is -1.16. The summed E-state index contributed by atoms with van der Waals surface area (Å²) < 4.78 is 4.87. The van der Waals surface area contributed by atoms with Crippen molar-refractivity contribution in [3.05, 3.63) is 59.7 Å². The summed E-state index contributed by atoms with van der Waals surface area (Å²) in [5.41, 5.74) is 1.33. The second-order valence-corrected chi connectivity index (χ2v) is 15.1. The van der Waals surface area contributed by atoms with E-state index in [0.29, 0.717) is 41.1 Å². The van der Waals surface area contributed by atoms with Gasteiger partial charge in [0.2, 0.25) is 5.91 Å². The molecule has 0 spiro atoms. The first-order valence-corrected chi connectivity index (χ1v) is 14.6. The summed E-state index contributed by atoms with van der Waals surface area (Å²) in [6, 6.07) is 15.9. The van der Waals surface area contributed by atoms with Crippen molar-refractivity contribution in [3.8, 4) is 17.2 Å². The molecule has 0 aromatic heterocycles. The van der Waals surface area contributed by atoms with Crippen molar-refractivity contribution in [1.29, 1.82) is 5.26 Å². The van der Waals surface area contributed by atoms with Crippen LogP contribution in [0.15, 0.2) is 48.5 Å². The molecule has 0 radical (unpaired) electrons. The lowest BCUT2D eigenvalue weighted by atomic mass is 9.98. The zero-order valence-corrected chi connectivity index (χ0v) is 20.4. The fourth-order valence-electron chi connectivity index (χ4n) is 3.63. The van der Waals surface area contributed by atoms with Gasteiger partial charge < -0.3 is 15.4 Å². The van der Waals surface area contributed by atoms with Crippen molar-refractivity contribution in [2.45, 2.75) is 50.1 Å². The molecular formula is C25H29N3O4Si. The molecule has 0 bridgehead atoms. The first-order chi connectivity index (χ1) is 15.6. The number of nitriles is 1. The molecule has 2 N–H and O–H groups in total. The smallest absolute Gasteiger partial charge is 0.338 e. The van der Waals surface area contributed by atoms with Crippen LogP contribution in [0.25, 0.3) is 11.1 Å². The molecular weight excluding hydrogens is 434 g/mol. The Bertz CT molecular complexity index is 1110. The van der Waals surface area contributed by atoms with Crippen LogP contribution in [0.1, 0.15) is 33.6 Å². The van der Waals surface area contributed by atoms with Gasteiger partial charge >= 0.3 is 5.97 Å². The number of carbonyl (C=O) groups excluding carboxylic acids is 3. The lowest BCUT2D eigenvalue weighted by Crippen LogP contribution is -2.52. The fourth-order valence-corrected chi connectivity index (χ4v) is 5.14. The Morgan fingerprint density at radius 2 is 1.82 bits per heavy atom. The van der Waals surface area contributed by atoms with Gasteiger partial charge in [-0.25, -0.2) is 4.79 Å². The molecule has 8 heteroatoms. The zero-order valence-electron chi connectivity index (χ0n) is 19.4. The third-order valence-electron chi connectivity index (χ3n) is 5.53. The normalized spacial score (nSPS) is 15.0. The Kier molecular flexibility index (Phi) is 7.03. The molecule has 33 heavy (non-hydrogen) atoms. The predicted molar refractivity (Wildman–Crippen MR) is 128 cm³/mol. The van der Waals surface area contributed by atoms with Gasteiger partial charge in [-0.15, -0.1) is 0 Å². The second-order valence-electron chi connectivity index (χ2n) is 9.59. The van der Waals surface area contributed by atoms with Crippen LogP contribution in [0.5, 0.6) is 0 Å². The Morgan fingerprint density at radius 3 is 2.42 bits per heavy atom. The zero-order chi connectivity index (χ0) is 24.2. The lowest BCUT2D eigenvalue weighted by Gasteiger charge is -2.26. The van der Waals surface area contributed by atoms with Crippen molar-refractivity contribution >= 4 is 25.9 Å². The molecule has 0 heterocycles. The van der Waals surface area contributed by atoms with E-state index in [0.717, 1.165) is 0 Å². The van der Waals surface area contributed by atoms with Gasteiger partial charge in [0, 0.05) is 13.6 Å². The van der Waals surface area contributed by atoms with Crippen LogP contribution in [-0.4, -0.2) is 44.5 Å². The number of hydrogen-bond donors (Lipinski definition) is 2. The number of nitrogens with one attached hydrogen (secondary N) is 2. The molecule has 172 valence electrons. The molecule has 1 aliphatic carbocycles. The highest BCUT2D eigenvalue weighted by atomic mass is 28.3. The minimum absolute atomic E-state index is 0.322. The molecule has 2 amide bonds. The van der Waals surface area contributed by atoms with E-state index in [9.17, 15) is 19.6 Å². The molecule has 1 atom stereocenters. The number of nitrogens with zero attached hydrogens (tertiary/aromatic N) is 1. The van der Waals surface area contributed by atoms with Crippen LogP contribution in [-0.2, 0) is 9.53 Å². The number of carbonyl (C=O) groups is 3. The number of benzene rings is 2. The van der Waals surface area contributed by atoms with E-state index in [-0.39, 0.29) is 11.8 Å². The third kappa shape index (κ3) is 6.08. The van der Waals surface area contributed by atoms with Crippen molar-refractivity contribution in [1.82, 2.24) is 10.6 Å². The van der Waals surface area contributed by atoms with Gasteiger partial charge in [-0.3, -0.25) is 9.59 Å². The standard InChI is InChI=1S/C25H29N3O4Si/c1-32-24(31)20-11-6-5-10-19(20)17-8-7-9-18(14-17)22(29)27-21(15-33(2,3)4)23(30)28-25(16-26)12-13-25/h5-11,14,21H,12-13,15H2,1-4H3,(H,27,29)(H,28,30). The Balaban J connectivity index is 1.84. The molecule has 0 saturated heterocycles. The molecule has 2 aromatic carbocycles. The summed E-state index contributed by atoms with van der Waals surface area (Å²) in [6.45, 7) is 6.38. The van der Waals surface area contributed by atoms with Gasteiger partial charge in [0.1, 0.15) is 11.6 Å². The van der Waals surface area contributed by atoms with Gasteiger partial charge in [-0.1, -0.05) is 50.0 Å². The topological polar surface area (TPSA) is 108 Å². The van der Waals surface area contributed by atoms with E-state index >= 15 is 0 Å². The maximum absolute atomic E-state index is 13.1. The van der Waals surface area contributed by atoms with E-state index in [1.165, 1.54) is 7.11 Å². The molecule has 0 aliphatic heterocycles. The van der Waals surface area contributed by atoms with E-state index in [4.69, 9.17) is 4.74 Å². The average molecular weight is 464 g/mol. The summed E-state index contributed by atoms with van der Waals surface area (Å²) in [5, 5.41) is 15.0. The first-order valence-electron chi connectivity index (χ1n) is 10.9. The minimum Gasteiger partial charge on any atom is -0.465 e. The highest BCUT2D eigenvalue weighted by Crippen LogP contribution is 2.34. The van der Waals surface area contributed by atoms with E-state index in [1.807, 2.05) is 12.1 Å². The Hall–Kier alpha value is -3.44. The van der Waals surface area contributed by atoms with Crippen LogP contribution < -0.4 is 10.6 Å². The van der Waals surface area contributed by atoms with Crippen LogP contribution in [0.4, 0.5) is 0 Å². The van der Waals surface area contributed by atoms with Crippen LogP contribution in [0.2, 0.25) is 25.7 Å². The molecule has 1 unspecified atom stereocenters. The molecule has 2 aromatic rings. The first kappa shape index (κ1) is 24.2. The van der Waals surface area contributed by atoms with Crippen LogP contribution in [0, 0.1) is 11.3 Å². The Labute approximate surface area is 195 Å². The summed E-state index contributed by atoms with van der Waals surface area (Å²) in [6.07, 6.45) is 1.26.